The summed E-state index contributed by atoms with van der Waals surface area (Å²) in [6.07, 6.45) is 1.93. The van der Waals surface area contributed by atoms with Gasteiger partial charge in [-0.15, -0.1) is 0 Å². The molecule has 0 spiro atoms. The van der Waals surface area contributed by atoms with Crippen molar-refractivity contribution in [3.05, 3.63) is 134 Å². The average Bonchev–Trinajstić information content (AvgIpc) is 3.54. The van der Waals surface area contributed by atoms with Crippen LogP contribution in [-0.2, 0) is 0 Å². The first-order valence-electron chi connectivity index (χ1n) is 13.5. The zero-order valence-corrected chi connectivity index (χ0v) is 21.5. The highest BCUT2D eigenvalue weighted by atomic mass is 15.2. The molecule has 0 fully saturated rings. The largest absolute Gasteiger partial charge is 0.309 e. The van der Waals surface area contributed by atoms with Crippen molar-refractivity contribution in [1.29, 1.82) is 0 Å². The molecule has 0 aliphatic carbocycles. The molecule has 3 heterocycles. The van der Waals surface area contributed by atoms with Crippen LogP contribution >= 0.6 is 0 Å². The maximum Gasteiger partial charge on any atom is 0.235 e. The fraction of sp³-hybridized carbons (Fsp3) is 0. The van der Waals surface area contributed by atoms with Crippen molar-refractivity contribution < 1.29 is 0 Å². The van der Waals surface area contributed by atoms with E-state index in [9.17, 15) is 0 Å². The Morgan fingerprint density at radius 1 is 0.450 bits per heavy atom. The molecule has 0 unspecified atom stereocenters. The molecule has 40 heavy (non-hydrogen) atoms. The summed E-state index contributed by atoms with van der Waals surface area (Å²) in [6, 6.07) is 45.1. The Balaban J connectivity index is 1.56. The number of fused-ring (bicyclic) bond motifs is 10. The molecule has 0 atom stereocenters. The Morgan fingerprint density at radius 3 is 1.80 bits per heavy atom. The van der Waals surface area contributed by atoms with Crippen LogP contribution in [-0.4, -0.2) is 19.1 Å². The smallest absolute Gasteiger partial charge is 0.235 e. The molecule has 0 N–H and O–H groups in total. The number of aromatic nitrogens is 4. The van der Waals surface area contributed by atoms with E-state index in [1.165, 1.54) is 43.4 Å². The average molecular weight is 511 g/mol. The van der Waals surface area contributed by atoms with Gasteiger partial charge in [-0.25, -0.2) is 9.97 Å². The van der Waals surface area contributed by atoms with Crippen LogP contribution in [0.4, 0.5) is 0 Å². The molecular formula is C36H22N4. The second kappa shape index (κ2) is 8.01. The van der Waals surface area contributed by atoms with Gasteiger partial charge in [0, 0.05) is 44.2 Å². The quantitative estimate of drug-likeness (QED) is 0.233. The van der Waals surface area contributed by atoms with E-state index in [0.717, 1.165) is 27.6 Å². The molecule has 0 aliphatic heterocycles. The standard InChI is InChI=1S/C36H22N4/c1-2-11-25(12-3-1)39-31-16-8-5-13-26(31)28-20-18-23-19-21-29-27-14-6-9-17-32(27)40(35(29)33(23)34(28)39)36-37-22-24-10-4-7-15-30(24)38-36/h1-22H. The van der Waals surface area contributed by atoms with E-state index < -0.39 is 0 Å². The highest BCUT2D eigenvalue weighted by Gasteiger charge is 2.21. The van der Waals surface area contributed by atoms with Gasteiger partial charge in [0.1, 0.15) is 0 Å². The summed E-state index contributed by atoms with van der Waals surface area (Å²) >= 11 is 0. The van der Waals surface area contributed by atoms with Crippen LogP contribution in [0.5, 0.6) is 0 Å². The molecule has 4 nitrogen and oxygen atoms in total. The first-order valence-corrected chi connectivity index (χ1v) is 13.5. The van der Waals surface area contributed by atoms with Crippen molar-refractivity contribution in [3.63, 3.8) is 0 Å². The van der Waals surface area contributed by atoms with Gasteiger partial charge in [-0.1, -0.05) is 97.1 Å². The lowest BCUT2D eigenvalue weighted by atomic mass is 10.0. The topological polar surface area (TPSA) is 35.6 Å². The number of nitrogens with zero attached hydrogens (tertiary/aromatic N) is 4. The fourth-order valence-electron chi connectivity index (χ4n) is 6.44. The Bertz CT molecular complexity index is 2430. The monoisotopic (exact) mass is 510 g/mol. The predicted octanol–water partition coefficient (Wildman–Crippen LogP) is 8.98. The summed E-state index contributed by atoms with van der Waals surface area (Å²) in [5, 5.41) is 8.27. The lowest BCUT2D eigenvalue weighted by Gasteiger charge is -2.13. The van der Waals surface area contributed by atoms with Crippen LogP contribution in [0.15, 0.2) is 134 Å². The van der Waals surface area contributed by atoms with Gasteiger partial charge in [0.2, 0.25) is 5.95 Å². The van der Waals surface area contributed by atoms with E-state index in [1.54, 1.807) is 0 Å². The molecule has 0 amide bonds. The highest BCUT2D eigenvalue weighted by Crippen LogP contribution is 2.42. The van der Waals surface area contributed by atoms with Crippen molar-refractivity contribution >= 4 is 65.3 Å². The summed E-state index contributed by atoms with van der Waals surface area (Å²) in [5.74, 6) is 0.678. The maximum atomic E-state index is 5.07. The molecule has 186 valence electrons. The predicted molar refractivity (Wildman–Crippen MR) is 166 cm³/mol. The molecule has 0 saturated heterocycles. The third kappa shape index (κ3) is 2.85. The zero-order valence-electron chi connectivity index (χ0n) is 21.5. The van der Waals surface area contributed by atoms with Crippen molar-refractivity contribution in [1.82, 2.24) is 19.1 Å². The van der Waals surface area contributed by atoms with Crippen LogP contribution in [0.3, 0.4) is 0 Å². The number of benzene rings is 6. The fourth-order valence-corrected chi connectivity index (χ4v) is 6.44. The van der Waals surface area contributed by atoms with Crippen LogP contribution in [0.2, 0.25) is 0 Å². The van der Waals surface area contributed by atoms with Crippen molar-refractivity contribution in [3.8, 4) is 11.6 Å². The summed E-state index contributed by atoms with van der Waals surface area (Å²) in [7, 11) is 0. The highest BCUT2D eigenvalue weighted by molar-refractivity contribution is 6.28. The second-order valence-electron chi connectivity index (χ2n) is 10.3. The van der Waals surface area contributed by atoms with E-state index in [-0.39, 0.29) is 0 Å². The Morgan fingerprint density at radius 2 is 1.05 bits per heavy atom. The van der Waals surface area contributed by atoms with Gasteiger partial charge in [0.05, 0.1) is 27.6 Å². The molecule has 0 aliphatic rings. The van der Waals surface area contributed by atoms with Gasteiger partial charge in [-0.3, -0.25) is 4.57 Å². The first-order chi connectivity index (χ1) is 19.9. The number of rotatable bonds is 2. The van der Waals surface area contributed by atoms with Gasteiger partial charge < -0.3 is 4.57 Å². The SMILES string of the molecule is c1ccc(-n2c3ccccc3c3ccc4ccc5c6ccccc6n(-c6ncc7ccccc7n6)c5c4c32)cc1. The van der Waals surface area contributed by atoms with E-state index >= 15 is 0 Å². The number of hydrogen-bond acceptors (Lipinski definition) is 2. The summed E-state index contributed by atoms with van der Waals surface area (Å²) in [4.78, 5) is 9.98. The zero-order chi connectivity index (χ0) is 26.2. The normalized spacial score (nSPS) is 12.0. The van der Waals surface area contributed by atoms with E-state index in [1.807, 2.05) is 18.3 Å². The lowest BCUT2D eigenvalue weighted by molar-refractivity contribution is 1.01. The third-order valence-electron chi connectivity index (χ3n) is 8.14. The molecular weight excluding hydrogens is 488 g/mol. The molecule has 3 aromatic heterocycles. The molecule has 0 radical (unpaired) electrons. The van der Waals surface area contributed by atoms with E-state index in [2.05, 4.69) is 124 Å². The van der Waals surface area contributed by atoms with Crippen LogP contribution in [0.25, 0.3) is 76.9 Å². The van der Waals surface area contributed by atoms with Crippen molar-refractivity contribution in [2.45, 2.75) is 0 Å². The van der Waals surface area contributed by atoms with Gasteiger partial charge in [0.25, 0.3) is 0 Å². The number of para-hydroxylation sites is 4. The van der Waals surface area contributed by atoms with Crippen LogP contribution in [0.1, 0.15) is 0 Å². The summed E-state index contributed by atoms with van der Waals surface area (Å²) in [6.45, 7) is 0. The summed E-state index contributed by atoms with van der Waals surface area (Å²) in [5.41, 5.74) is 6.68. The molecule has 4 heteroatoms. The molecule has 6 aromatic carbocycles. The molecule has 0 saturated carbocycles. The molecule has 9 rings (SSSR count). The first kappa shape index (κ1) is 21.5. The van der Waals surface area contributed by atoms with Crippen molar-refractivity contribution in [2.75, 3.05) is 0 Å². The Hall–Kier alpha value is -5.48. The minimum atomic E-state index is 0.678. The van der Waals surface area contributed by atoms with Gasteiger partial charge in [-0.05, 0) is 35.7 Å². The van der Waals surface area contributed by atoms with Gasteiger partial charge in [0.15, 0.2) is 0 Å². The van der Waals surface area contributed by atoms with Gasteiger partial charge >= 0.3 is 0 Å². The maximum absolute atomic E-state index is 5.07. The Kier molecular flexibility index (Phi) is 4.30. The van der Waals surface area contributed by atoms with Crippen LogP contribution in [0, 0.1) is 0 Å². The third-order valence-corrected chi connectivity index (χ3v) is 8.14. The molecule has 9 aromatic rings. The van der Waals surface area contributed by atoms with E-state index in [4.69, 9.17) is 9.97 Å². The number of hydrogen-bond donors (Lipinski definition) is 0. The minimum absolute atomic E-state index is 0.678. The van der Waals surface area contributed by atoms with E-state index in [0.29, 0.717) is 5.95 Å². The second-order valence-corrected chi connectivity index (χ2v) is 10.3. The lowest BCUT2D eigenvalue weighted by Crippen LogP contribution is -2.02. The Labute approximate surface area is 229 Å². The van der Waals surface area contributed by atoms with Crippen molar-refractivity contribution in [2.24, 2.45) is 0 Å². The minimum Gasteiger partial charge on any atom is -0.309 e. The van der Waals surface area contributed by atoms with Gasteiger partial charge in [-0.2, -0.15) is 0 Å². The summed E-state index contributed by atoms with van der Waals surface area (Å²) < 4.78 is 4.67. The van der Waals surface area contributed by atoms with Crippen LogP contribution < -0.4 is 0 Å². The molecule has 0 bridgehead atoms.